The monoisotopic (exact) mass is 265 g/mol. The second kappa shape index (κ2) is 5.41. The normalized spacial score (nSPS) is 32.8. The molecule has 1 saturated carbocycles. The van der Waals surface area contributed by atoms with Crippen LogP contribution in [-0.2, 0) is 4.79 Å². The van der Waals surface area contributed by atoms with E-state index in [2.05, 4.69) is 22.0 Å². The molecular formula is C15H27N3O. The fraction of sp³-hybridized carbons (Fsp3) is 0.933. The van der Waals surface area contributed by atoms with Crippen molar-refractivity contribution >= 4 is 5.91 Å². The van der Waals surface area contributed by atoms with Crippen LogP contribution < -0.4 is 5.32 Å². The number of carbonyl (C=O) groups excluding carboxylic acids is 1. The van der Waals surface area contributed by atoms with Crippen molar-refractivity contribution < 1.29 is 4.79 Å². The molecule has 0 aromatic heterocycles. The van der Waals surface area contributed by atoms with Crippen LogP contribution in [0.25, 0.3) is 0 Å². The van der Waals surface area contributed by atoms with Gasteiger partial charge in [-0.05, 0) is 38.1 Å². The molecule has 4 heteroatoms. The van der Waals surface area contributed by atoms with Gasteiger partial charge in [0.05, 0.1) is 5.41 Å². The highest BCUT2D eigenvalue weighted by Gasteiger charge is 2.42. The summed E-state index contributed by atoms with van der Waals surface area (Å²) in [5.41, 5.74) is -0.0985. The van der Waals surface area contributed by atoms with Gasteiger partial charge in [0.15, 0.2) is 0 Å². The predicted octanol–water partition coefficient (Wildman–Crippen LogP) is 0.930. The number of hydrogen-bond donors (Lipinski definition) is 1. The van der Waals surface area contributed by atoms with E-state index >= 15 is 0 Å². The van der Waals surface area contributed by atoms with E-state index < -0.39 is 0 Å². The first kappa shape index (κ1) is 13.4. The molecular weight excluding hydrogens is 238 g/mol. The zero-order valence-corrected chi connectivity index (χ0v) is 12.2. The summed E-state index contributed by atoms with van der Waals surface area (Å²) in [7, 11) is 0. The fourth-order valence-corrected chi connectivity index (χ4v) is 3.51. The average molecular weight is 265 g/mol. The minimum Gasteiger partial charge on any atom is -0.340 e. The summed E-state index contributed by atoms with van der Waals surface area (Å²) in [6, 6.07) is 0. The minimum atomic E-state index is -0.0985. The molecule has 1 N–H and O–H groups in total. The smallest absolute Gasteiger partial charge is 0.230 e. The summed E-state index contributed by atoms with van der Waals surface area (Å²) in [4.78, 5) is 17.4. The van der Waals surface area contributed by atoms with Crippen molar-refractivity contribution in [3.05, 3.63) is 0 Å². The maximum atomic E-state index is 12.8. The zero-order chi connectivity index (χ0) is 13.3. The van der Waals surface area contributed by atoms with Crippen LogP contribution in [0.15, 0.2) is 0 Å². The van der Waals surface area contributed by atoms with Gasteiger partial charge in [0.2, 0.25) is 5.91 Å². The Morgan fingerprint density at radius 3 is 2.53 bits per heavy atom. The highest BCUT2D eigenvalue weighted by atomic mass is 16.2. The largest absolute Gasteiger partial charge is 0.340 e. The van der Waals surface area contributed by atoms with Gasteiger partial charge in [0.25, 0.3) is 0 Å². The molecule has 1 aliphatic carbocycles. The Labute approximate surface area is 116 Å². The first-order valence-electron chi connectivity index (χ1n) is 7.96. The fourth-order valence-electron chi connectivity index (χ4n) is 3.51. The molecule has 19 heavy (non-hydrogen) atoms. The summed E-state index contributed by atoms with van der Waals surface area (Å²) in [6.07, 6.45) is 4.83. The van der Waals surface area contributed by atoms with Crippen LogP contribution in [0.4, 0.5) is 0 Å². The standard InChI is InChI=1S/C15H27N3O/c1-2-15(5-6-16-12-15)14(19)18-9-7-17(8-10-18)11-13-3-4-13/h13,16H,2-12H2,1H3. The van der Waals surface area contributed by atoms with Crippen LogP contribution in [0.2, 0.25) is 0 Å². The van der Waals surface area contributed by atoms with Gasteiger partial charge in [-0.2, -0.15) is 0 Å². The van der Waals surface area contributed by atoms with E-state index in [1.165, 1.54) is 19.4 Å². The number of carbonyl (C=O) groups is 1. The lowest BCUT2D eigenvalue weighted by Gasteiger charge is -2.39. The molecule has 1 unspecified atom stereocenters. The Morgan fingerprint density at radius 2 is 2.00 bits per heavy atom. The minimum absolute atomic E-state index is 0.0985. The first-order valence-corrected chi connectivity index (χ1v) is 7.96. The van der Waals surface area contributed by atoms with Crippen molar-refractivity contribution in [1.29, 1.82) is 0 Å². The van der Waals surface area contributed by atoms with Gasteiger partial charge in [0, 0.05) is 39.3 Å². The van der Waals surface area contributed by atoms with Gasteiger partial charge in [-0.25, -0.2) is 0 Å². The van der Waals surface area contributed by atoms with Crippen LogP contribution in [0.5, 0.6) is 0 Å². The third-order valence-electron chi connectivity index (χ3n) is 5.25. The molecule has 0 aromatic rings. The Kier molecular flexibility index (Phi) is 3.81. The highest BCUT2D eigenvalue weighted by molar-refractivity contribution is 5.83. The Morgan fingerprint density at radius 1 is 1.26 bits per heavy atom. The topological polar surface area (TPSA) is 35.6 Å². The van der Waals surface area contributed by atoms with Gasteiger partial charge in [-0.15, -0.1) is 0 Å². The molecule has 1 amide bonds. The van der Waals surface area contributed by atoms with E-state index in [-0.39, 0.29) is 5.41 Å². The van der Waals surface area contributed by atoms with Gasteiger partial charge in [-0.1, -0.05) is 6.92 Å². The molecule has 1 atom stereocenters. The molecule has 0 spiro atoms. The zero-order valence-electron chi connectivity index (χ0n) is 12.2. The number of nitrogens with zero attached hydrogens (tertiary/aromatic N) is 2. The number of rotatable bonds is 4. The molecule has 2 aliphatic heterocycles. The molecule has 3 aliphatic rings. The van der Waals surface area contributed by atoms with Gasteiger partial charge < -0.3 is 10.2 Å². The second-order valence-corrected chi connectivity index (χ2v) is 6.60. The third kappa shape index (κ3) is 2.79. The van der Waals surface area contributed by atoms with E-state index in [1.807, 2.05) is 0 Å². The van der Waals surface area contributed by atoms with Gasteiger partial charge in [-0.3, -0.25) is 9.69 Å². The molecule has 3 rings (SSSR count). The SMILES string of the molecule is CCC1(C(=O)N2CCN(CC3CC3)CC2)CCNC1. The van der Waals surface area contributed by atoms with Gasteiger partial charge in [0.1, 0.15) is 0 Å². The van der Waals surface area contributed by atoms with Crippen LogP contribution in [0.3, 0.4) is 0 Å². The van der Waals surface area contributed by atoms with Crippen LogP contribution in [0.1, 0.15) is 32.6 Å². The molecule has 0 bridgehead atoms. The predicted molar refractivity (Wildman–Crippen MR) is 76.0 cm³/mol. The van der Waals surface area contributed by atoms with Crippen molar-refractivity contribution in [3.8, 4) is 0 Å². The second-order valence-electron chi connectivity index (χ2n) is 6.60. The third-order valence-corrected chi connectivity index (χ3v) is 5.25. The number of nitrogens with one attached hydrogen (secondary N) is 1. The lowest BCUT2D eigenvalue weighted by molar-refractivity contribution is -0.143. The average Bonchev–Trinajstić information content (AvgIpc) is 3.13. The molecule has 0 aromatic carbocycles. The first-order chi connectivity index (χ1) is 9.23. The van der Waals surface area contributed by atoms with Crippen molar-refractivity contribution in [1.82, 2.24) is 15.1 Å². The van der Waals surface area contributed by atoms with Crippen LogP contribution in [0, 0.1) is 11.3 Å². The lowest BCUT2D eigenvalue weighted by atomic mass is 9.82. The van der Waals surface area contributed by atoms with Crippen molar-refractivity contribution in [3.63, 3.8) is 0 Å². The number of hydrogen-bond acceptors (Lipinski definition) is 3. The number of piperazine rings is 1. The molecule has 4 nitrogen and oxygen atoms in total. The maximum Gasteiger partial charge on any atom is 0.230 e. The molecule has 0 radical (unpaired) electrons. The Bertz CT molecular complexity index is 326. The summed E-state index contributed by atoms with van der Waals surface area (Å²) < 4.78 is 0. The Balaban J connectivity index is 1.53. The van der Waals surface area contributed by atoms with Crippen molar-refractivity contribution in [2.24, 2.45) is 11.3 Å². The molecule has 3 fully saturated rings. The Hall–Kier alpha value is -0.610. The summed E-state index contributed by atoms with van der Waals surface area (Å²) >= 11 is 0. The quantitative estimate of drug-likeness (QED) is 0.821. The van der Waals surface area contributed by atoms with Gasteiger partial charge >= 0.3 is 0 Å². The molecule has 2 saturated heterocycles. The molecule has 108 valence electrons. The number of amides is 1. The van der Waals surface area contributed by atoms with Crippen LogP contribution >= 0.6 is 0 Å². The van der Waals surface area contributed by atoms with E-state index in [9.17, 15) is 4.79 Å². The van der Waals surface area contributed by atoms with E-state index in [0.29, 0.717) is 5.91 Å². The summed E-state index contributed by atoms with van der Waals surface area (Å²) in [5.74, 6) is 1.37. The maximum absolute atomic E-state index is 12.8. The lowest BCUT2D eigenvalue weighted by Crippen LogP contribution is -2.53. The van der Waals surface area contributed by atoms with Crippen molar-refractivity contribution in [2.75, 3.05) is 45.8 Å². The van der Waals surface area contributed by atoms with E-state index in [0.717, 1.165) is 58.0 Å². The highest BCUT2D eigenvalue weighted by Crippen LogP contribution is 2.33. The summed E-state index contributed by atoms with van der Waals surface area (Å²) in [6.45, 7) is 9.34. The van der Waals surface area contributed by atoms with Crippen molar-refractivity contribution in [2.45, 2.75) is 32.6 Å². The van der Waals surface area contributed by atoms with Crippen LogP contribution in [-0.4, -0.2) is 61.5 Å². The summed E-state index contributed by atoms with van der Waals surface area (Å²) in [5, 5.41) is 3.37. The molecule has 2 heterocycles. The van der Waals surface area contributed by atoms with E-state index in [4.69, 9.17) is 0 Å². The van der Waals surface area contributed by atoms with E-state index in [1.54, 1.807) is 0 Å².